The molecular weight excluding hydrogens is 402 g/mol. The van der Waals surface area contributed by atoms with Crippen LogP contribution in [0.4, 0.5) is 11.4 Å². The van der Waals surface area contributed by atoms with Crippen molar-refractivity contribution in [2.75, 3.05) is 5.32 Å². The molecule has 2 N–H and O–H groups in total. The molecule has 0 saturated heterocycles. The summed E-state index contributed by atoms with van der Waals surface area (Å²) in [4.78, 5) is 24.9. The van der Waals surface area contributed by atoms with E-state index in [9.17, 15) is 14.7 Å². The standard InChI is InChI=1S/C23H26ClN3O3/c1-14-3-2-4-17(5-14)26-18-12-25-27(21(30)20(18)24)23-9-15-6-16(10-23)8-22(7-15,13-23)11-19(28)29/h2-5,12,15-16,26H,6-11,13H2,1H3,(H,28,29)/t15-,16-,22?,23?/m1/s1. The van der Waals surface area contributed by atoms with Crippen LogP contribution in [0.25, 0.3) is 0 Å². The van der Waals surface area contributed by atoms with Gasteiger partial charge in [-0.25, -0.2) is 4.68 Å². The largest absolute Gasteiger partial charge is 0.481 e. The highest BCUT2D eigenvalue weighted by molar-refractivity contribution is 6.33. The van der Waals surface area contributed by atoms with E-state index in [0.29, 0.717) is 23.9 Å². The SMILES string of the molecule is Cc1cccc(Nc2cnn(C34C[C@@H]5C[C@H](CC(CC(=O)O)(C5)C3)C4)c(=O)c2Cl)c1. The molecule has 6 nitrogen and oxygen atoms in total. The molecule has 0 unspecified atom stereocenters. The van der Waals surface area contributed by atoms with E-state index < -0.39 is 11.5 Å². The first-order chi connectivity index (χ1) is 14.3. The lowest BCUT2D eigenvalue weighted by atomic mass is 9.46. The summed E-state index contributed by atoms with van der Waals surface area (Å²) in [6.45, 7) is 2.00. The Labute approximate surface area is 180 Å². The molecular formula is C23H26ClN3O3. The quantitative estimate of drug-likeness (QED) is 0.721. The molecule has 0 aliphatic heterocycles. The average molecular weight is 428 g/mol. The van der Waals surface area contributed by atoms with Crippen LogP contribution < -0.4 is 10.9 Å². The van der Waals surface area contributed by atoms with E-state index >= 15 is 0 Å². The monoisotopic (exact) mass is 427 g/mol. The normalized spacial score (nSPS) is 31.7. The third-order valence-electron chi connectivity index (χ3n) is 7.34. The topological polar surface area (TPSA) is 84.2 Å². The highest BCUT2D eigenvalue weighted by atomic mass is 35.5. The van der Waals surface area contributed by atoms with Crippen molar-refractivity contribution in [2.45, 2.75) is 57.4 Å². The smallest absolute Gasteiger partial charge is 0.303 e. The van der Waals surface area contributed by atoms with Crippen LogP contribution in [0.5, 0.6) is 0 Å². The number of carbonyl (C=O) groups is 1. The Bertz CT molecular complexity index is 1070. The fourth-order valence-electron chi connectivity index (χ4n) is 6.91. The fraction of sp³-hybridized carbons (Fsp3) is 0.522. The molecule has 4 aliphatic rings. The van der Waals surface area contributed by atoms with Crippen molar-refractivity contribution in [3.05, 3.63) is 51.4 Å². The van der Waals surface area contributed by atoms with Gasteiger partial charge in [0.25, 0.3) is 5.56 Å². The van der Waals surface area contributed by atoms with Gasteiger partial charge in [-0.3, -0.25) is 9.59 Å². The van der Waals surface area contributed by atoms with Crippen molar-refractivity contribution in [3.8, 4) is 0 Å². The first-order valence-corrected chi connectivity index (χ1v) is 11.0. The number of aliphatic carboxylic acids is 1. The lowest BCUT2D eigenvalue weighted by Gasteiger charge is -2.61. The Hall–Kier alpha value is -2.34. The molecule has 0 spiro atoms. The van der Waals surface area contributed by atoms with Gasteiger partial charge in [0.1, 0.15) is 5.02 Å². The van der Waals surface area contributed by atoms with E-state index in [1.54, 1.807) is 10.9 Å². The summed E-state index contributed by atoms with van der Waals surface area (Å²) in [6, 6.07) is 7.85. The molecule has 4 saturated carbocycles. The summed E-state index contributed by atoms with van der Waals surface area (Å²) in [6.07, 6.45) is 7.33. The van der Waals surface area contributed by atoms with Gasteiger partial charge in [0.15, 0.2) is 0 Å². The fourth-order valence-corrected chi connectivity index (χ4v) is 7.09. The third-order valence-corrected chi connectivity index (χ3v) is 7.71. The molecule has 30 heavy (non-hydrogen) atoms. The van der Waals surface area contributed by atoms with Gasteiger partial charge in [0, 0.05) is 5.69 Å². The Balaban J connectivity index is 1.51. The molecule has 2 aromatic rings. The molecule has 7 heteroatoms. The van der Waals surface area contributed by atoms with Gasteiger partial charge in [0.2, 0.25) is 0 Å². The Morgan fingerprint density at radius 2 is 2.03 bits per heavy atom. The van der Waals surface area contributed by atoms with Crippen LogP contribution in [0.3, 0.4) is 0 Å². The molecule has 1 aromatic heterocycles. The van der Waals surface area contributed by atoms with Crippen molar-refractivity contribution < 1.29 is 9.90 Å². The van der Waals surface area contributed by atoms with Crippen LogP contribution in [0.2, 0.25) is 5.02 Å². The van der Waals surface area contributed by atoms with Gasteiger partial charge in [0.05, 0.1) is 23.8 Å². The number of halogens is 1. The number of hydrogen-bond donors (Lipinski definition) is 2. The van der Waals surface area contributed by atoms with Gasteiger partial charge in [-0.05, 0) is 80.4 Å². The Morgan fingerprint density at radius 3 is 2.70 bits per heavy atom. The second-order valence-corrected chi connectivity index (χ2v) is 10.2. The first kappa shape index (κ1) is 19.6. The molecule has 158 valence electrons. The summed E-state index contributed by atoms with van der Waals surface area (Å²) in [5.74, 6) is 0.175. The zero-order valence-corrected chi connectivity index (χ0v) is 17.8. The van der Waals surface area contributed by atoms with Gasteiger partial charge in [-0.1, -0.05) is 23.7 Å². The van der Waals surface area contributed by atoms with Gasteiger partial charge < -0.3 is 10.4 Å². The summed E-state index contributed by atoms with van der Waals surface area (Å²) in [7, 11) is 0. The first-order valence-electron chi connectivity index (χ1n) is 10.6. The van der Waals surface area contributed by atoms with E-state index in [2.05, 4.69) is 10.4 Å². The van der Waals surface area contributed by atoms with E-state index in [4.69, 9.17) is 11.6 Å². The minimum Gasteiger partial charge on any atom is -0.481 e. The lowest BCUT2D eigenvalue weighted by molar-refractivity contribution is -0.151. The van der Waals surface area contributed by atoms with Crippen molar-refractivity contribution in [3.63, 3.8) is 0 Å². The third kappa shape index (κ3) is 3.22. The number of carboxylic acids is 1. The zero-order chi connectivity index (χ0) is 21.1. The Morgan fingerprint density at radius 1 is 1.30 bits per heavy atom. The number of anilines is 2. The minimum absolute atomic E-state index is 0.134. The minimum atomic E-state index is -0.747. The van der Waals surface area contributed by atoms with Crippen LogP contribution in [-0.4, -0.2) is 20.9 Å². The van der Waals surface area contributed by atoms with Crippen molar-refractivity contribution >= 4 is 28.9 Å². The number of nitrogens with zero attached hydrogens (tertiary/aromatic N) is 2. The number of rotatable bonds is 5. The number of aryl methyl sites for hydroxylation is 1. The van der Waals surface area contributed by atoms with Gasteiger partial charge in [-0.2, -0.15) is 5.10 Å². The molecule has 6 rings (SSSR count). The zero-order valence-electron chi connectivity index (χ0n) is 17.0. The number of benzene rings is 1. The molecule has 1 aromatic carbocycles. The van der Waals surface area contributed by atoms with Gasteiger partial charge in [-0.15, -0.1) is 0 Å². The number of hydrogen-bond acceptors (Lipinski definition) is 4. The van der Waals surface area contributed by atoms with E-state index in [1.165, 1.54) is 0 Å². The molecule has 0 radical (unpaired) electrons. The maximum Gasteiger partial charge on any atom is 0.303 e. The van der Waals surface area contributed by atoms with Crippen LogP contribution in [-0.2, 0) is 10.3 Å². The van der Waals surface area contributed by atoms with Crippen LogP contribution >= 0.6 is 11.6 Å². The molecule has 1 heterocycles. The predicted octanol–water partition coefficient (Wildman–Crippen LogP) is 4.72. The highest BCUT2D eigenvalue weighted by Crippen LogP contribution is 2.65. The van der Waals surface area contributed by atoms with Crippen LogP contribution in [0.1, 0.15) is 50.5 Å². The van der Waals surface area contributed by atoms with Crippen molar-refractivity contribution in [2.24, 2.45) is 17.3 Å². The number of nitrogens with one attached hydrogen (secondary N) is 1. The Kier molecular flexibility index (Phi) is 4.47. The van der Waals surface area contributed by atoms with E-state index in [0.717, 1.165) is 43.4 Å². The molecule has 4 fully saturated rings. The molecule has 4 bridgehead atoms. The lowest BCUT2D eigenvalue weighted by Crippen LogP contribution is -2.59. The van der Waals surface area contributed by atoms with Crippen LogP contribution in [0, 0.1) is 24.2 Å². The second-order valence-electron chi connectivity index (χ2n) is 9.84. The maximum absolute atomic E-state index is 13.3. The van der Waals surface area contributed by atoms with Gasteiger partial charge >= 0.3 is 5.97 Å². The predicted molar refractivity (Wildman–Crippen MR) is 115 cm³/mol. The van der Waals surface area contributed by atoms with Crippen molar-refractivity contribution in [1.82, 2.24) is 9.78 Å². The average Bonchev–Trinajstić information content (AvgIpc) is 2.63. The number of aromatic nitrogens is 2. The summed E-state index contributed by atoms with van der Waals surface area (Å²) in [5.41, 5.74) is 1.53. The van der Waals surface area contributed by atoms with E-state index in [1.807, 2.05) is 31.2 Å². The summed E-state index contributed by atoms with van der Waals surface area (Å²) >= 11 is 6.52. The van der Waals surface area contributed by atoms with Crippen molar-refractivity contribution in [1.29, 1.82) is 0 Å². The second kappa shape index (κ2) is 6.84. The molecule has 2 atom stereocenters. The highest BCUT2D eigenvalue weighted by Gasteiger charge is 2.59. The summed E-state index contributed by atoms with van der Waals surface area (Å²) < 4.78 is 1.59. The van der Waals surface area contributed by atoms with Crippen LogP contribution in [0.15, 0.2) is 35.3 Å². The summed E-state index contributed by atoms with van der Waals surface area (Å²) in [5, 5.41) is 17.4. The van der Waals surface area contributed by atoms with E-state index in [-0.39, 0.29) is 22.4 Å². The molecule has 4 aliphatic carbocycles. The maximum atomic E-state index is 13.3. The molecule has 0 amide bonds. The number of carboxylic acid groups (broad SMARTS) is 1.